The van der Waals surface area contributed by atoms with E-state index in [1.165, 1.54) is 57.8 Å². The highest BCUT2D eigenvalue weighted by molar-refractivity contribution is 6.33. The molecule has 5 nitrogen and oxygen atoms in total. The van der Waals surface area contributed by atoms with Crippen LogP contribution in [0, 0.1) is 11.8 Å². The maximum absolute atomic E-state index is 11.9. The first kappa shape index (κ1) is 26.5. The van der Waals surface area contributed by atoms with Gasteiger partial charge in [-0.1, -0.05) is 102 Å². The van der Waals surface area contributed by atoms with Gasteiger partial charge in [-0.25, -0.2) is 14.8 Å². The third-order valence-electron chi connectivity index (χ3n) is 7.02. The molecular formula is C28H39ClN2O3. The molecule has 1 saturated carbocycles. The molecule has 0 bridgehead atoms. The van der Waals surface area contributed by atoms with Gasteiger partial charge in [0.25, 0.3) is 0 Å². The van der Waals surface area contributed by atoms with Gasteiger partial charge in [0.2, 0.25) is 0 Å². The number of carboxylic acid groups (broad SMARTS) is 1. The van der Waals surface area contributed by atoms with Crippen molar-refractivity contribution in [2.45, 2.75) is 89.4 Å². The average molecular weight is 487 g/mol. The molecule has 6 heteroatoms. The number of benzene rings is 1. The van der Waals surface area contributed by atoms with Crippen molar-refractivity contribution in [3.63, 3.8) is 0 Å². The number of carboxylic acids is 1. The van der Waals surface area contributed by atoms with Gasteiger partial charge in [0.1, 0.15) is 0 Å². The predicted molar refractivity (Wildman–Crippen MR) is 137 cm³/mol. The lowest BCUT2D eigenvalue weighted by atomic mass is 9.84. The molecule has 0 radical (unpaired) electrons. The fourth-order valence-corrected chi connectivity index (χ4v) is 4.60. The number of nitrogens with zero attached hydrogens (tertiary/aromatic N) is 2. The lowest BCUT2D eigenvalue weighted by molar-refractivity contribution is -0.142. The van der Waals surface area contributed by atoms with Gasteiger partial charge in [-0.15, -0.1) is 11.6 Å². The van der Waals surface area contributed by atoms with Crippen LogP contribution >= 0.6 is 11.6 Å². The molecule has 0 unspecified atom stereocenters. The average Bonchev–Trinajstić information content (AvgIpc) is 3.69. The Morgan fingerprint density at radius 2 is 1.65 bits per heavy atom. The van der Waals surface area contributed by atoms with Crippen molar-refractivity contribution in [1.29, 1.82) is 0 Å². The van der Waals surface area contributed by atoms with E-state index in [1.807, 2.05) is 26.0 Å². The van der Waals surface area contributed by atoms with Crippen molar-refractivity contribution in [3.05, 3.63) is 42.2 Å². The first-order chi connectivity index (χ1) is 16.4. The number of rotatable bonds is 16. The van der Waals surface area contributed by atoms with Crippen LogP contribution in [-0.2, 0) is 9.67 Å². The van der Waals surface area contributed by atoms with Crippen molar-refractivity contribution in [2.75, 3.05) is 6.61 Å². The molecule has 2 aromatic rings. The molecule has 1 heterocycles. The molecule has 0 amide bonds. The summed E-state index contributed by atoms with van der Waals surface area (Å²) in [4.78, 5) is 19.3. The second kappa shape index (κ2) is 13.1. The fourth-order valence-electron chi connectivity index (χ4n) is 4.32. The van der Waals surface area contributed by atoms with Crippen molar-refractivity contribution in [3.8, 4) is 17.1 Å². The number of unbranched alkanes of at least 4 members (excludes halogenated alkanes) is 6. The van der Waals surface area contributed by atoms with E-state index in [0.717, 1.165) is 17.9 Å². The number of hydrogen-bond donors (Lipinski definition) is 1. The van der Waals surface area contributed by atoms with E-state index in [4.69, 9.17) is 16.3 Å². The van der Waals surface area contributed by atoms with Gasteiger partial charge in [-0.2, -0.15) is 0 Å². The SMILES string of the molecule is CC[C@H](C)[C@@](Cl)(C(=O)O)c1ccc(-c2ncc(OCCCCCCCCCC3CC3)cn2)cc1. The smallest absolute Gasteiger partial charge is 0.329 e. The van der Waals surface area contributed by atoms with Crippen LogP contribution in [0.5, 0.6) is 5.75 Å². The molecule has 0 aliphatic heterocycles. The number of aliphatic carboxylic acids is 1. The highest BCUT2D eigenvalue weighted by Gasteiger charge is 2.42. The zero-order chi connectivity index (χ0) is 24.4. The molecule has 0 saturated heterocycles. The van der Waals surface area contributed by atoms with Gasteiger partial charge in [0.15, 0.2) is 16.4 Å². The minimum Gasteiger partial charge on any atom is -0.490 e. The number of hydrogen-bond acceptors (Lipinski definition) is 4. The van der Waals surface area contributed by atoms with Gasteiger partial charge in [0, 0.05) is 5.56 Å². The van der Waals surface area contributed by atoms with Crippen LogP contribution in [0.25, 0.3) is 11.4 Å². The molecule has 1 N–H and O–H groups in total. The third kappa shape index (κ3) is 7.43. The monoisotopic (exact) mass is 486 g/mol. The number of ether oxygens (including phenoxy) is 1. The van der Waals surface area contributed by atoms with E-state index in [2.05, 4.69) is 9.97 Å². The molecule has 3 rings (SSSR count). The lowest BCUT2D eigenvalue weighted by Gasteiger charge is -2.29. The zero-order valence-corrected chi connectivity index (χ0v) is 21.4. The molecule has 0 spiro atoms. The van der Waals surface area contributed by atoms with Crippen molar-refractivity contribution in [1.82, 2.24) is 9.97 Å². The van der Waals surface area contributed by atoms with Gasteiger partial charge in [-0.05, 0) is 23.8 Å². The van der Waals surface area contributed by atoms with Crippen LogP contribution < -0.4 is 4.74 Å². The van der Waals surface area contributed by atoms with E-state index >= 15 is 0 Å². The highest BCUT2D eigenvalue weighted by atomic mass is 35.5. The number of alkyl halides is 1. The van der Waals surface area contributed by atoms with E-state index in [9.17, 15) is 9.90 Å². The summed E-state index contributed by atoms with van der Waals surface area (Å²) in [5, 5.41) is 9.71. The zero-order valence-electron chi connectivity index (χ0n) is 20.6. The van der Waals surface area contributed by atoms with Crippen LogP contribution in [0.3, 0.4) is 0 Å². The summed E-state index contributed by atoms with van der Waals surface area (Å²) in [5.41, 5.74) is 1.37. The van der Waals surface area contributed by atoms with E-state index in [1.54, 1.807) is 24.5 Å². The predicted octanol–water partition coefficient (Wildman–Crippen LogP) is 7.62. The van der Waals surface area contributed by atoms with Crippen LogP contribution in [0.1, 0.15) is 90.0 Å². The molecule has 1 aromatic carbocycles. The summed E-state index contributed by atoms with van der Waals surface area (Å²) >= 11 is 6.54. The molecular weight excluding hydrogens is 448 g/mol. The Labute approximate surface area is 209 Å². The van der Waals surface area contributed by atoms with Crippen molar-refractivity contribution < 1.29 is 14.6 Å². The summed E-state index contributed by atoms with van der Waals surface area (Å²) in [6.07, 6.45) is 17.5. The molecule has 1 fully saturated rings. The second-order valence-electron chi connectivity index (χ2n) is 9.70. The maximum Gasteiger partial charge on any atom is 0.329 e. The standard InChI is InChI=1S/C28H39ClN2O3/c1-3-21(2)28(29,27(32)33)24-16-14-23(15-17-24)26-30-19-25(20-31-26)34-18-10-8-6-4-5-7-9-11-22-12-13-22/h14-17,19-22H,3-13,18H2,1-2H3,(H,32,33)/t21-,28-/m0/s1. The quantitative estimate of drug-likeness (QED) is 0.195. The Bertz CT molecular complexity index is 884. The Morgan fingerprint density at radius 1 is 1.06 bits per heavy atom. The molecule has 1 aliphatic rings. The first-order valence-electron chi connectivity index (χ1n) is 12.9. The van der Waals surface area contributed by atoms with Crippen LogP contribution in [0.2, 0.25) is 0 Å². The molecule has 34 heavy (non-hydrogen) atoms. The number of carbonyl (C=O) groups is 1. The molecule has 1 aliphatic carbocycles. The van der Waals surface area contributed by atoms with Gasteiger partial charge < -0.3 is 9.84 Å². The van der Waals surface area contributed by atoms with Crippen LogP contribution in [0.4, 0.5) is 0 Å². The molecule has 1 aromatic heterocycles. The second-order valence-corrected chi connectivity index (χ2v) is 10.3. The summed E-state index contributed by atoms with van der Waals surface area (Å²) in [6.45, 7) is 4.48. The number of aromatic nitrogens is 2. The van der Waals surface area contributed by atoms with Gasteiger partial charge >= 0.3 is 5.97 Å². The third-order valence-corrected chi connectivity index (χ3v) is 7.77. The summed E-state index contributed by atoms with van der Waals surface area (Å²) in [7, 11) is 0. The van der Waals surface area contributed by atoms with Gasteiger partial charge in [0.05, 0.1) is 19.0 Å². The highest BCUT2D eigenvalue weighted by Crippen LogP contribution is 2.39. The normalized spacial score (nSPS) is 16.1. The first-order valence-corrected chi connectivity index (χ1v) is 13.3. The van der Waals surface area contributed by atoms with Crippen molar-refractivity contribution in [2.24, 2.45) is 11.8 Å². The molecule has 186 valence electrons. The van der Waals surface area contributed by atoms with Gasteiger partial charge in [-0.3, -0.25) is 0 Å². The van der Waals surface area contributed by atoms with E-state index < -0.39 is 10.8 Å². The minimum absolute atomic E-state index is 0.206. The van der Waals surface area contributed by atoms with Crippen LogP contribution in [0.15, 0.2) is 36.7 Å². The summed E-state index contributed by atoms with van der Waals surface area (Å²) < 4.78 is 5.80. The Morgan fingerprint density at radius 3 is 2.21 bits per heavy atom. The summed E-state index contributed by atoms with van der Waals surface area (Å²) in [6, 6.07) is 7.15. The largest absolute Gasteiger partial charge is 0.490 e. The fraction of sp³-hybridized carbons (Fsp3) is 0.607. The number of halogens is 1. The van der Waals surface area contributed by atoms with Crippen molar-refractivity contribution >= 4 is 17.6 Å². The lowest BCUT2D eigenvalue weighted by Crippen LogP contribution is -2.36. The van der Waals surface area contributed by atoms with E-state index in [0.29, 0.717) is 30.2 Å². The topological polar surface area (TPSA) is 72.3 Å². The maximum atomic E-state index is 11.9. The Kier molecular flexibility index (Phi) is 10.2. The van der Waals surface area contributed by atoms with E-state index in [-0.39, 0.29) is 5.92 Å². The Hall–Kier alpha value is -2.14. The van der Waals surface area contributed by atoms with Crippen LogP contribution in [-0.4, -0.2) is 27.7 Å². The minimum atomic E-state index is -1.44. The molecule has 2 atom stereocenters. The summed E-state index contributed by atoms with van der Waals surface area (Å²) in [5.74, 6) is 1.07. The Balaban J connectivity index is 1.39.